The normalized spacial score (nSPS) is 10.6. The third kappa shape index (κ3) is 4.03. The van der Waals surface area contributed by atoms with Gasteiger partial charge < -0.3 is 15.3 Å². The Bertz CT molecular complexity index is 839. The number of benzene rings is 2. The standard InChI is InChI=1S/C17H17FN4O2S/c1-23-15-5-3-2-4-14(15)16-20-21-17(22(16)19)25-11-10-24-13-8-6-12(18)7-9-13/h2-9H,10-11,19H2,1H3. The number of aromatic nitrogens is 3. The molecule has 0 unspecified atom stereocenters. The van der Waals surface area contributed by atoms with E-state index in [1.165, 1.54) is 28.6 Å². The van der Waals surface area contributed by atoms with E-state index in [1.807, 2.05) is 24.3 Å². The molecule has 0 amide bonds. The highest BCUT2D eigenvalue weighted by molar-refractivity contribution is 7.99. The van der Waals surface area contributed by atoms with Crippen molar-refractivity contribution >= 4 is 11.8 Å². The first-order valence-corrected chi connectivity index (χ1v) is 8.52. The minimum absolute atomic E-state index is 0.290. The van der Waals surface area contributed by atoms with Crippen molar-refractivity contribution in [2.24, 2.45) is 0 Å². The van der Waals surface area contributed by atoms with Crippen molar-refractivity contribution in [1.82, 2.24) is 14.9 Å². The Hall–Kier alpha value is -2.74. The molecule has 8 heteroatoms. The number of hydrogen-bond donors (Lipinski definition) is 1. The summed E-state index contributed by atoms with van der Waals surface area (Å²) < 4.78 is 25.1. The molecule has 0 spiro atoms. The molecule has 25 heavy (non-hydrogen) atoms. The van der Waals surface area contributed by atoms with Crippen molar-refractivity contribution < 1.29 is 13.9 Å². The molecule has 1 heterocycles. The highest BCUT2D eigenvalue weighted by Gasteiger charge is 2.15. The van der Waals surface area contributed by atoms with Crippen LogP contribution in [0.15, 0.2) is 53.7 Å². The average Bonchev–Trinajstić information content (AvgIpc) is 3.00. The van der Waals surface area contributed by atoms with Crippen molar-refractivity contribution in [2.45, 2.75) is 5.16 Å². The van der Waals surface area contributed by atoms with Gasteiger partial charge >= 0.3 is 0 Å². The summed E-state index contributed by atoms with van der Waals surface area (Å²) in [6, 6.07) is 13.4. The van der Waals surface area contributed by atoms with E-state index in [2.05, 4.69) is 10.2 Å². The van der Waals surface area contributed by atoms with Crippen LogP contribution < -0.4 is 15.3 Å². The zero-order chi connectivity index (χ0) is 17.6. The van der Waals surface area contributed by atoms with Crippen LogP contribution in [0.25, 0.3) is 11.4 Å². The van der Waals surface area contributed by atoms with Crippen LogP contribution in [0.5, 0.6) is 11.5 Å². The van der Waals surface area contributed by atoms with Gasteiger partial charge in [-0.2, -0.15) is 0 Å². The smallest absolute Gasteiger partial charge is 0.210 e. The summed E-state index contributed by atoms with van der Waals surface area (Å²) in [6.45, 7) is 0.438. The lowest BCUT2D eigenvalue weighted by Gasteiger charge is -2.08. The first-order valence-electron chi connectivity index (χ1n) is 7.54. The second-order valence-electron chi connectivity index (χ2n) is 5.03. The van der Waals surface area contributed by atoms with Gasteiger partial charge in [-0.25, -0.2) is 9.07 Å². The Balaban J connectivity index is 1.61. The van der Waals surface area contributed by atoms with E-state index in [1.54, 1.807) is 19.2 Å². The maximum atomic E-state index is 12.8. The molecule has 3 rings (SSSR count). The molecule has 0 radical (unpaired) electrons. The zero-order valence-electron chi connectivity index (χ0n) is 13.6. The molecule has 130 valence electrons. The van der Waals surface area contributed by atoms with E-state index in [9.17, 15) is 4.39 Å². The van der Waals surface area contributed by atoms with Gasteiger partial charge in [0.2, 0.25) is 5.16 Å². The summed E-state index contributed by atoms with van der Waals surface area (Å²) in [5, 5.41) is 8.83. The molecule has 3 aromatic rings. The Kier molecular flexibility index (Phi) is 5.39. The van der Waals surface area contributed by atoms with E-state index >= 15 is 0 Å². The molecule has 1 aromatic heterocycles. The maximum absolute atomic E-state index is 12.8. The molecule has 0 aliphatic rings. The second-order valence-corrected chi connectivity index (χ2v) is 6.09. The van der Waals surface area contributed by atoms with Gasteiger partial charge in [-0.15, -0.1) is 10.2 Å². The molecule has 2 aromatic carbocycles. The summed E-state index contributed by atoms with van der Waals surface area (Å²) >= 11 is 1.42. The van der Waals surface area contributed by atoms with Crippen LogP contribution in [0.2, 0.25) is 0 Å². The van der Waals surface area contributed by atoms with Gasteiger partial charge in [-0.05, 0) is 36.4 Å². The Morgan fingerprint density at radius 2 is 1.88 bits per heavy atom. The number of halogens is 1. The molecule has 2 N–H and O–H groups in total. The highest BCUT2D eigenvalue weighted by Crippen LogP contribution is 2.29. The number of methoxy groups -OCH3 is 1. The van der Waals surface area contributed by atoms with Crippen molar-refractivity contribution in [3.05, 3.63) is 54.3 Å². The first kappa shape index (κ1) is 17.1. The molecule has 0 aliphatic heterocycles. The van der Waals surface area contributed by atoms with E-state index in [0.29, 0.717) is 34.8 Å². The third-order valence-electron chi connectivity index (χ3n) is 3.41. The third-order valence-corrected chi connectivity index (χ3v) is 4.32. The predicted molar refractivity (Wildman–Crippen MR) is 94.8 cm³/mol. The average molecular weight is 360 g/mol. The van der Waals surface area contributed by atoms with Crippen molar-refractivity contribution in [2.75, 3.05) is 25.3 Å². The zero-order valence-corrected chi connectivity index (χ0v) is 14.4. The van der Waals surface area contributed by atoms with Gasteiger partial charge in [0.15, 0.2) is 5.82 Å². The fourth-order valence-electron chi connectivity index (χ4n) is 2.21. The fourth-order valence-corrected chi connectivity index (χ4v) is 2.89. The molecule has 0 bridgehead atoms. The Morgan fingerprint density at radius 3 is 2.64 bits per heavy atom. The Labute approximate surface area is 148 Å². The minimum atomic E-state index is -0.290. The van der Waals surface area contributed by atoms with E-state index < -0.39 is 0 Å². The summed E-state index contributed by atoms with van der Waals surface area (Å²) in [5.74, 6) is 8.26. The lowest BCUT2D eigenvalue weighted by Crippen LogP contribution is -2.12. The summed E-state index contributed by atoms with van der Waals surface area (Å²) in [4.78, 5) is 0. The monoisotopic (exact) mass is 360 g/mol. The molecule has 0 aliphatic carbocycles. The van der Waals surface area contributed by atoms with E-state index in [0.717, 1.165) is 5.56 Å². The molecule has 6 nitrogen and oxygen atoms in total. The summed E-state index contributed by atoms with van der Waals surface area (Å²) in [6.07, 6.45) is 0. The SMILES string of the molecule is COc1ccccc1-c1nnc(SCCOc2ccc(F)cc2)n1N. The van der Waals surface area contributed by atoms with Crippen molar-refractivity contribution in [3.63, 3.8) is 0 Å². The topological polar surface area (TPSA) is 75.2 Å². The number of nitrogen functional groups attached to an aromatic ring is 1. The van der Waals surface area contributed by atoms with Gasteiger partial charge in [0.25, 0.3) is 0 Å². The highest BCUT2D eigenvalue weighted by atomic mass is 32.2. The lowest BCUT2D eigenvalue weighted by atomic mass is 10.2. The molecular weight excluding hydrogens is 343 g/mol. The summed E-state index contributed by atoms with van der Waals surface area (Å²) in [7, 11) is 1.60. The maximum Gasteiger partial charge on any atom is 0.210 e. The van der Waals surface area contributed by atoms with Crippen molar-refractivity contribution in [3.8, 4) is 22.9 Å². The molecule has 0 saturated heterocycles. The largest absolute Gasteiger partial charge is 0.496 e. The molecule has 0 saturated carbocycles. The quantitative estimate of drug-likeness (QED) is 0.397. The first-order chi connectivity index (χ1) is 12.2. The number of hydrogen-bond acceptors (Lipinski definition) is 6. The summed E-state index contributed by atoms with van der Waals surface area (Å²) in [5.41, 5.74) is 0.773. The van der Waals surface area contributed by atoms with Crippen LogP contribution in [-0.4, -0.2) is 34.3 Å². The number of rotatable bonds is 7. The fraction of sp³-hybridized carbons (Fsp3) is 0.176. The van der Waals surface area contributed by atoms with Crippen LogP contribution in [0, 0.1) is 5.82 Å². The number of ether oxygens (including phenoxy) is 2. The lowest BCUT2D eigenvalue weighted by molar-refractivity contribution is 0.343. The molecule has 0 atom stereocenters. The van der Waals surface area contributed by atoms with Crippen LogP contribution in [0.4, 0.5) is 4.39 Å². The Morgan fingerprint density at radius 1 is 1.12 bits per heavy atom. The number of nitrogens with zero attached hydrogens (tertiary/aromatic N) is 3. The van der Waals surface area contributed by atoms with Crippen molar-refractivity contribution in [1.29, 1.82) is 0 Å². The number of para-hydroxylation sites is 1. The molecular formula is C17H17FN4O2S. The van der Waals surface area contributed by atoms with E-state index in [-0.39, 0.29) is 5.82 Å². The van der Waals surface area contributed by atoms with Crippen LogP contribution >= 0.6 is 11.8 Å². The predicted octanol–water partition coefficient (Wildman–Crippen LogP) is 2.98. The minimum Gasteiger partial charge on any atom is -0.496 e. The van der Waals surface area contributed by atoms with Gasteiger partial charge in [0.1, 0.15) is 17.3 Å². The van der Waals surface area contributed by atoms with Gasteiger partial charge in [-0.3, -0.25) is 0 Å². The van der Waals surface area contributed by atoms with Crippen LogP contribution in [0.1, 0.15) is 0 Å². The van der Waals surface area contributed by atoms with Crippen LogP contribution in [0.3, 0.4) is 0 Å². The second kappa shape index (κ2) is 7.89. The molecule has 0 fully saturated rings. The number of nitrogens with two attached hydrogens (primary N) is 1. The number of thioether (sulfide) groups is 1. The van der Waals surface area contributed by atoms with E-state index in [4.69, 9.17) is 15.3 Å². The van der Waals surface area contributed by atoms with Gasteiger partial charge in [-0.1, -0.05) is 23.9 Å². The van der Waals surface area contributed by atoms with Gasteiger partial charge in [0.05, 0.1) is 19.3 Å². The van der Waals surface area contributed by atoms with Gasteiger partial charge in [0, 0.05) is 5.75 Å². The van der Waals surface area contributed by atoms with Crippen LogP contribution in [-0.2, 0) is 0 Å².